The van der Waals surface area contributed by atoms with Gasteiger partial charge in [-0.05, 0) is 59.5 Å². The summed E-state index contributed by atoms with van der Waals surface area (Å²) >= 11 is 2.15. The van der Waals surface area contributed by atoms with E-state index in [9.17, 15) is 9.59 Å². The van der Waals surface area contributed by atoms with Crippen molar-refractivity contribution in [3.63, 3.8) is 0 Å². The maximum Gasteiger partial charge on any atom is 0.326 e. The fourth-order valence-corrected chi connectivity index (χ4v) is 2.18. The van der Waals surface area contributed by atoms with Gasteiger partial charge in [0.05, 0.1) is 0 Å². The monoisotopic (exact) mass is 375 g/mol. The Balaban J connectivity index is 2.81. The highest BCUT2D eigenvalue weighted by molar-refractivity contribution is 14.1. The molecule has 0 aliphatic carbocycles. The van der Waals surface area contributed by atoms with Crippen LogP contribution in [0.15, 0.2) is 18.2 Å². The molecule has 0 radical (unpaired) electrons. The van der Waals surface area contributed by atoms with Crippen LogP contribution in [0.4, 0.5) is 0 Å². The third-order valence-corrected chi connectivity index (χ3v) is 3.91. The number of hydrogen-bond acceptors (Lipinski definition) is 2. The van der Waals surface area contributed by atoms with Gasteiger partial charge in [0, 0.05) is 9.13 Å². The normalized spacial score (nSPS) is 12.3. The number of carbonyl (C=O) groups excluding carboxylic acids is 1. The summed E-state index contributed by atoms with van der Waals surface area (Å²) in [6.45, 7) is 5.82. The van der Waals surface area contributed by atoms with Crippen LogP contribution in [-0.4, -0.2) is 23.0 Å². The van der Waals surface area contributed by atoms with Gasteiger partial charge < -0.3 is 10.4 Å². The molecule has 0 fully saturated rings. The highest BCUT2D eigenvalue weighted by Crippen LogP contribution is 2.14. The Bertz CT molecular complexity index is 486. The van der Waals surface area contributed by atoms with Crippen LogP contribution in [0.2, 0.25) is 0 Å². The highest BCUT2D eigenvalue weighted by atomic mass is 127. The lowest BCUT2D eigenvalue weighted by atomic mass is 10.0. The highest BCUT2D eigenvalue weighted by Gasteiger charge is 2.21. The number of aryl methyl sites for hydroxylation is 1. The van der Waals surface area contributed by atoms with E-state index in [2.05, 4.69) is 27.9 Å². The summed E-state index contributed by atoms with van der Waals surface area (Å²) in [7, 11) is 0. The summed E-state index contributed by atoms with van der Waals surface area (Å²) in [5.74, 6) is -1.13. The van der Waals surface area contributed by atoms with Crippen LogP contribution in [0.1, 0.15) is 36.2 Å². The van der Waals surface area contributed by atoms with E-state index >= 15 is 0 Å². The first-order chi connectivity index (χ1) is 8.81. The molecule has 19 heavy (non-hydrogen) atoms. The lowest BCUT2D eigenvalue weighted by Crippen LogP contribution is -2.41. The van der Waals surface area contributed by atoms with E-state index in [4.69, 9.17) is 5.11 Å². The standard InChI is InChI=1S/C14H18INO3/c1-8(2)6-12(14(18)19)16-13(17)10-5-4-9(3)11(15)7-10/h4-5,7-8,12H,6H2,1-3H3,(H,16,17)(H,18,19)/t12-/m1/s1. The molecule has 104 valence electrons. The number of rotatable bonds is 5. The van der Waals surface area contributed by atoms with Gasteiger partial charge in [0.2, 0.25) is 0 Å². The zero-order valence-corrected chi connectivity index (χ0v) is 13.4. The second-order valence-corrected chi connectivity index (χ2v) is 6.12. The van der Waals surface area contributed by atoms with Gasteiger partial charge in [0.25, 0.3) is 5.91 Å². The molecule has 4 nitrogen and oxygen atoms in total. The molecule has 0 bridgehead atoms. The van der Waals surface area contributed by atoms with E-state index in [1.807, 2.05) is 26.8 Å². The average molecular weight is 375 g/mol. The summed E-state index contributed by atoms with van der Waals surface area (Å²) in [4.78, 5) is 23.1. The number of halogens is 1. The largest absolute Gasteiger partial charge is 0.480 e. The molecule has 1 amide bonds. The van der Waals surface area contributed by atoms with Gasteiger partial charge in [-0.25, -0.2) is 4.79 Å². The molecule has 0 saturated carbocycles. The minimum absolute atomic E-state index is 0.208. The van der Waals surface area contributed by atoms with Crippen LogP contribution in [0.25, 0.3) is 0 Å². The van der Waals surface area contributed by atoms with Crippen molar-refractivity contribution in [2.75, 3.05) is 0 Å². The smallest absolute Gasteiger partial charge is 0.326 e. The Kier molecular flexibility index (Phi) is 5.78. The van der Waals surface area contributed by atoms with Gasteiger partial charge >= 0.3 is 5.97 Å². The fraction of sp³-hybridized carbons (Fsp3) is 0.429. The van der Waals surface area contributed by atoms with Crippen molar-refractivity contribution >= 4 is 34.5 Å². The van der Waals surface area contributed by atoms with Gasteiger partial charge in [-0.1, -0.05) is 19.9 Å². The van der Waals surface area contributed by atoms with E-state index in [0.717, 1.165) is 9.13 Å². The van der Waals surface area contributed by atoms with Crippen LogP contribution in [0.3, 0.4) is 0 Å². The Morgan fingerprint density at radius 3 is 2.47 bits per heavy atom. The van der Waals surface area contributed by atoms with Gasteiger partial charge in [0.1, 0.15) is 6.04 Å². The van der Waals surface area contributed by atoms with Crippen LogP contribution >= 0.6 is 22.6 Å². The molecule has 1 aromatic carbocycles. The maximum absolute atomic E-state index is 12.0. The third kappa shape index (κ3) is 4.81. The van der Waals surface area contributed by atoms with Crippen molar-refractivity contribution < 1.29 is 14.7 Å². The second-order valence-electron chi connectivity index (χ2n) is 4.96. The molecular formula is C14H18INO3. The van der Waals surface area contributed by atoms with Crippen LogP contribution < -0.4 is 5.32 Å². The predicted molar refractivity (Wildman–Crippen MR) is 82.2 cm³/mol. The number of carboxylic acids is 1. The van der Waals surface area contributed by atoms with Crippen molar-refractivity contribution in [3.05, 3.63) is 32.9 Å². The van der Waals surface area contributed by atoms with E-state index in [1.54, 1.807) is 12.1 Å². The van der Waals surface area contributed by atoms with Crippen LogP contribution in [0, 0.1) is 16.4 Å². The fourth-order valence-electron chi connectivity index (χ4n) is 1.67. The molecule has 1 atom stereocenters. The lowest BCUT2D eigenvalue weighted by Gasteiger charge is -2.16. The molecule has 0 spiro atoms. The van der Waals surface area contributed by atoms with Crippen molar-refractivity contribution in [1.29, 1.82) is 0 Å². The van der Waals surface area contributed by atoms with E-state index in [1.165, 1.54) is 0 Å². The molecule has 0 aliphatic heterocycles. The molecule has 0 heterocycles. The van der Waals surface area contributed by atoms with Gasteiger partial charge in [-0.3, -0.25) is 4.79 Å². The zero-order chi connectivity index (χ0) is 14.6. The quantitative estimate of drug-likeness (QED) is 0.778. The van der Waals surface area contributed by atoms with Crippen molar-refractivity contribution in [2.24, 2.45) is 5.92 Å². The number of hydrogen-bond donors (Lipinski definition) is 2. The topological polar surface area (TPSA) is 66.4 Å². The van der Waals surface area contributed by atoms with Gasteiger partial charge in [-0.15, -0.1) is 0 Å². The summed E-state index contributed by atoms with van der Waals surface area (Å²) in [6, 6.07) is 4.49. The molecular weight excluding hydrogens is 357 g/mol. The molecule has 1 rings (SSSR count). The summed E-state index contributed by atoms with van der Waals surface area (Å²) in [5.41, 5.74) is 1.58. The third-order valence-electron chi connectivity index (χ3n) is 2.74. The Labute approximate surface area is 126 Å². The van der Waals surface area contributed by atoms with Gasteiger partial charge in [0.15, 0.2) is 0 Å². The van der Waals surface area contributed by atoms with Crippen molar-refractivity contribution in [3.8, 4) is 0 Å². The molecule has 2 N–H and O–H groups in total. The number of benzene rings is 1. The first kappa shape index (κ1) is 15.9. The first-order valence-corrected chi connectivity index (χ1v) is 7.19. The summed E-state index contributed by atoms with van der Waals surface area (Å²) in [5, 5.41) is 11.7. The predicted octanol–water partition coefficient (Wildman–Crippen LogP) is 2.83. The van der Waals surface area contributed by atoms with Gasteiger partial charge in [-0.2, -0.15) is 0 Å². The average Bonchev–Trinajstić information content (AvgIpc) is 2.31. The number of nitrogens with one attached hydrogen (secondary N) is 1. The Morgan fingerprint density at radius 1 is 1.37 bits per heavy atom. The molecule has 5 heteroatoms. The SMILES string of the molecule is Cc1ccc(C(=O)N[C@H](CC(C)C)C(=O)O)cc1I. The Hall–Kier alpha value is -1.11. The first-order valence-electron chi connectivity index (χ1n) is 6.11. The number of carbonyl (C=O) groups is 2. The molecule has 0 saturated heterocycles. The van der Waals surface area contributed by atoms with Crippen molar-refractivity contribution in [1.82, 2.24) is 5.32 Å². The minimum atomic E-state index is -0.996. The molecule has 0 aliphatic rings. The van der Waals surface area contributed by atoms with E-state index in [-0.39, 0.29) is 11.8 Å². The lowest BCUT2D eigenvalue weighted by molar-refractivity contribution is -0.139. The van der Waals surface area contributed by atoms with Crippen LogP contribution in [0.5, 0.6) is 0 Å². The minimum Gasteiger partial charge on any atom is -0.480 e. The second kappa shape index (κ2) is 6.88. The number of amides is 1. The molecule has 0 aromatic heterocycles. The van der Waals surface area contributed by atoms with Crippen molar-refractivity contribution in [2.45, 2.75) is 33.2 Å². The Morgan fingerprint density at radius 2 is 2.00 bits per heavy atom. The van der Waals surface area contributed by atoms with Crippen LogP contribution in [-0.2, 0) is 4.79 Å². The number of carboxylic acid groups (broad SMARTS) is 1. The summed E-state index contributed by atoms with van der Waals surface area (Å²) in [6.07, 6.45) is 0.421. The maximum atomic E-state index is 12.0. The van der Waals surface area contributed by atoms with E-state index < -0.39 is 12.0 Å². The molecule has 0 unspecified atom stereocenters. The molecule has 1 aromatic rings. The van der Waals surface area contributed by atoms with E-state index in [0.29, 0.717) is 12.0 Å². The number of aliphatic carboxylic acids is 1. The summed E-state index contributed by atoms with van der Waals surface area (Å²) < 4.78 is 0.987. The zero-order valence-electron chi connectivity index (χ0n) is 11.2.